The van der Waals surface area contributed by atoms with Crippen LogP contribution in [-0.4, -0.2) is 21.2 Å². The molecule has 0 aromatic carbocycles. The molecule has 0 atom stereocenters. The Kier molecular flexibility index (Phi) is 4.92. The van der Waals surface area contributed by atoms with E-state index in [-0.39, 0.29) is 1.43 Å². The fraction of sp³-hybridized carbons (Fsp3) is 0.231. The Morgan fingerprint density at radius 1 is 1.28 bits per heavy atom. The van der Waals surface area contributed by atoms with Gasteiger partial charge in [-0.05, 0) is 13.0 Å². The first-order valence-corrected chi connectivity index (χ1v) is 5.75. The van der Waals surface area contributed by atoms with E-state index < -0.39 is 0 Å². The molecule has 0 bridgehead atoms. The zero-order valence-corrected chi connectivity index (χ0v) is 10.8. The number of rotatable bonds is 2. The second-order valence-corrected chi connectivity index (χ2v) is 3.36. The van der Waals surface area contributed by atoms with Crippen molar-refractivity contribution in [1.29, 1.82) is 5.41 Å². The number of nitrogens with zero attached hydrogens (tertiary/aromatic N) is 3. The third kappa shape index (κ3) is 2.88. The molecule has 0 aliphatic rings. The Morgan fingerprint density at radius 2 is 2.00 bits per heavy atom. The molecule has 0 fully saturated rings. The van der Waals surface area contributed by atoms with E-state index >= 15 is 0 Å². The van der Waals surface area contributed by atoms with Gasteiger partial charge in [-0.15, -0.1) is 0 Å². The van der Waals surface area contributed by atoms with Crippen molar-refractivity contribution < 1.29 is 1.43 Å². The molecular weight excluding hydrogens is 226 g/mol. The number of nitrogens with two attached hydrogens (primary N) is 1. The molecule has 0 radical (unpaired) electrons. The van der Waals surface area contributed by atoms with Crippen LogP contribution in [0.4, 0.5) is 5.82 Å². The maximum atomic E-state index is 7.22. The fourth-order valence-electron chi connectivity index (χ4n) is 1.43. The summed E-state index contributed by atoms with van der Waals surface area (Å²) in [5.41, 5.74) is 8.86. The summed E-state index contributed by atoms with van der Waals surface area (Å²) in [5.74, 6) is 0.355. The molecule has 2 aromatic heterocycles. The van der Waals surface area contributed by atoms with Gasteiger partial charge >= 0.3 is 0 Å². The van der Waals surface area contributed by atoms with Crippen LogP contribution in [0.5, 0.6) is 0 Å². The van der Waals surface area contributed by atoms with Crippen molar-refractivity contribution in [3.8, 4) is 11.1 Å². The number of nitrogens with one attached hydrogen (secondary N) is 1. The lowest BCUT2D eigenvalue weighted by Crippen LogP contribution is -1.98. The van der Waals surface area contributed by atoms with Crippen molar-refractivity contribution in [3.63, 3.8) is 0 Å². The largest absolute Gasteiger partial charge is 0.383 e. The van der Waals surface area contributed by atoms with Gasteiger partial charge in [0, 0.05) is 42.4 Å². The van der Waals surface area contributed by atoms with Crippen molar-refractivity contribution in [2.24, 2.45) is 0 Å². The van der Waals surface area contributed by atoms with Gasteiger partial charge in [0.25, 0.3) is 0 Å². The van der Waals surface area contributed by atoms with E-state index in [2.05, 4.69) is 15.0 Å². The third-order valence-electron chi connectivity index (χ3n) is 2.33. The molecule has 2 rings (SSSR count). The Labute approximate surface area is 108 Å². The predicted octanol–water partition coefficient (Wildman–Crippen LogP) is 2.70. The number of hydrogen-bond acceptors (Lipinski definition) is 5. The summed E-state index contributed by atoms with van der Waals surface area (Å²) in [5, 5.41) is 7.22. The van der Waals surface area contributed by atoms with Crippen LogP contribution in [0.15, 0.2) is 24.8 Å². The minimum atomic E-state index is 0. The first-order valence-electron chi connectivity index (χ1n) is 5.75. The van der Waals surface area contributed by atoms with Crippen LogP contribution < -0.4 is 5.73 Å². The van der Waals surface area contributed by atoms with Crippen molar-refractivity contribution in [1.82, 2.24) is 15.0 Å². The highest BCUT2D eigenvalue weighted by molar-refractivity contribution is 5.86. The fourth-order valence-corrected chi connectivity index (χ4v) is 1.43. The van der Waals surface area contributed by atoms with Crippen molar-refractivity contribution in [2.45, 2.75) is 20.8 Å². The summed E-state index contributed by atoms with van der Waals surface area (Å²) in [6, 6.07) is 1.81. The van der Waals surface area contributed by atoms with Crippen LogP contribution in [0.2, 0.25) is 0 Å². The first kappa shape index (κ1) is 13.8. The van der Waals surface area contributed by atoms with Crippen LogP contribution in [0, 0.1) is 12.3 Å². The Balaban J connectivity index is 0.00000103. The molecule has 0 saturated heterocycles. The predicted molar refractivity (Wildman–Crippen MR) is 75.8 cm³/mol. The number of nitrogen functional groups attached to an aromatic ring is 1. The molecular formula is C13H19N5. The van der Waals surface area contributed by atoms with Crippen molar-refractivity contribution >= 4 is 12.0 Å². The van der Waals surface area contributed by atoms with Gasteiger partial charge in [0.05, 0.1) is 0 Å². The minimum absolute atomic E-state index is 0. The molecule has 96 valence electrons. The van der Waals surface area contributed by atoms with Gasteiger partial charge < -0.3 is 11.1 Å². The highest BCUT2D eigenvalue weighted by Gasteiger charge is 2.05. The summed E-state index contributed by atoms with van der Waals surface area (Å²) >= 11 is 0. The van der Waals surface area contributed by atoms with Gasteiger partial charge in [-0.2, -0.15) is 0 Å². The molecule has 2 aromatic rings. The third-order valence-corrected chi connectivity index (χ3v) is 2.33. The average Bonchev–Trinajstić information content (AvgIpc) is 2.42. The summed E-state index contributed by atoms with van der Waals surface area (Å²) in [7, 11) is 0. The topological polar surface area (TPSA) is 88.5 Å². The first-order chi connectivity index (χ1) is 8.72. The van der Waals surface area contributed by atoms with Gasteiger partial charge in [0.2, 0.25) is 0 Å². The lowest BCUT2D eigenvalue weighted by molar-refractivity contribution is 1.10. The molecule has 0 spiro atoms. The maximum Gasteiger partial charge on any atom is 0.132 e. The minimum Gasteiger partial charge on any atom is -0.383 e. The second-order valence-electron chi connectivity index (χ2n) is 3.36. The molecule has 2 heterocycles. The van der Waals surface area contributed by atoms with Crippen molar-refractivity contribution in [2.75, 3.05) is 5.73 Å². The van der Waals surface area contributed by atoms with Crippen LogP contribution in [0.1, 0.15) is 26.5 Å². The molecule has 0 unspecified atom stereocenters. The normalized spacial score (nSPS) is 9.28. The van der Waals surface area contributed by atoms with E-state index in [0.29, 0.717) is 11.4 Å². The summed E-state index contributed by atoms with van der Waals surface area (Å²) in [4.78, 5) is 12.1. The molecule has 0 amide bonds. The highest BCUT2D eigenvalue weighted by atomic mass is 14.8. The van der Waals surface area contributed by atoms with E-state index in [9.17, 15) is 0 Å². The zero-order chi connectivity index (χ0) is 13.5. The summed E-state index contributed by atoms with van der Waals surface area (Å²) < 4.78 is 0. The average molecular weight is 245 g/mol. The standard InChI is InChI=1S/C11H11N5.C2H6.H2/c1-7-10(5-14-6-16-7)9-2-8(3-12)11(13)15-4-9;1-2;/h2-6,12H,1H3,(H2,13,15);1-2H3;1H. The van der Waals surface area contributed by atoms with Crippen LogP contribution in [-0.2, 0) is 0 Å². The molecule has 5 heteroatoms. The van der Waals surface area contributed by atoms with Gasteiger partial charge in [0.1, 0.15) is 12.1 Å². The molecule has 5 nitrogen and oxygen atoms in total. The van der Waals surface area contributed by atoms with Crippen LogP contribution in [0.3, 0.4) is 0 Å². The van der Waals surface area contributed by atoms with Crippen LogP contribution >= 0.6 is 0 Å². The lowest BCUT2D eigenvalue weighted by Gasteiger charge is -2.05. The van der Waals surface area contributed by atoms with Gasteiger partial charge in [0.15, 0.2) is 0 Å². The van der Waals surface area contributed by atoms with Crippen LogP contribution in [0.25, 0.3) is 11.1 Å². The molecule has 0 saturated carbocycles. The second kappa shape index (κ2) is 6.44. The van der Waals surface area contributed by atoms with Gasteiger partial charge in [-0.25, -0.2) is 15.0 Å². The number of aryl methyl sites for hydroxylation is 1. The van der Waals surface area contributed by atoms with E-state index in [4.69, 9.17) is 11.1 Å². The monoisotopic (exact) mass is 245 g/mol. The summed E-state index contributed by atoms with van der Waals surface area (Å²) in [6.07, 6.45) is 6.07. The Bertz CT molecular complexity index is 542. The van der Waals surface area contributed by atoms with E-state index in [0.717, 1.165) is 16.8 Å². The lowest BCUT2D eigenvalue weighted by atomic mass is 10.1. The van der Waals surface area contributed by atoms with E-state index in [1.165, 1.54) is 12.5 Å². The van der Waals surface area contributed by atoms with E-state index in [1.807, 2.05) is 20.8 Å². The molecule has 0 aliphatic carbocycles. The number of pyridine rings is 1. The van der Waals surface area contributed by atoms with E-state index in [1.54, 1.807) is 18.5 Å². The Morgan fingerprint density at radius 3 is 2.61 bits per heavy atom. The van der Waals surface area contributed by atoms with Crippen molar-refractivity contribution in [3.05, 3.63) is 36.0 Å². The summed E-state index contributed by atoms with van der Waals surface area (Å²) in [6.45, 7) is 5.90. The maximum absolute atomic E-state index is 7.22. The zero-order valence-electron chi connectivity index (χ0n) is 10.8. The number of anilines is 1. The van der Waals surface area contributed by atoms with Gasteiger partial charge in [-0.3, -0.25) is 0 Å². The highest BCUT2D eigenvalue weighted by Crippen LogP contribution is 2.22. The molecule has 18 heavy (non-hydrogen) atoms. The smallest absolute Gasteiger partial charge is 0.132 e. The quantitative estimate of drug-likeness (QED) is 0.796. The Hall–Kier alpha value is -2.30. The molecule has 0 aliphatic heterocycles. The molecule has 3 N–H and O–H groups in total. The number of hydrogen-bond donors (Lipinski definition) is 2. The number of aromatic nitrogens is 3. The SMILES string of the molecule is CC.Cc1ncncc1-c1cnc(N)c(C=N)c1.[HH]. The van der Waals surface area contributed by atoms with Gasteiger partial charge in [-0.1, -0.05) is 13.8 Å².